The van der Waals surface area contributed by atoms with Crippen molar-refractivity contribution < 1.29 is 23.9 Å². The highest BCUT2D eigenvalue weighted by Gasteiger charge is 2.44. The van der Waals surface area contributed by atoms with Crippen molar-refractivity contribution in [3.05, 3.63) is 82.3 Å². The standard InChI is InChI=1S/C24H21N3O5S/c1-2-32-24(31)17-7-9-18(10-8-17)27-21(28)13-19(22(27)29)26(15-16-5-3-11-25-14-16)23(30)20-6-4-12-33-20/h3-12,14,19H,2,13,15H2,1H3. The molecule has 8 nitrogen and oxygen atoms in total. The molecule has 9 heteroatoms. The molecule has 33 heavy (non-hydrogen) atoms. The third kappa shape index (κ3) is 4.68. The summed E-state index contributed by atoms with van der Waals surface area (Å²) in [6, 6.07) is 12.1. The lowest BCUT2D eigenvalue weighted by molar-refractivity contribution is -0.122. The van der Waals surface area contributed by atoms with Gasteiger partial charge in [-0.1, -0.05) is 12.1 Å². The Hall–Kier alpha value is -3.85. The van der Waals surface area contributed by atoms with Crippen LogP contribution in [0.2, 0.25) is 0 Å². The van der Waals surface area contributed by atoms with Crippen LogP contribution in [0.3, 0.4) is 0 Å². The number of hydrogen-bond donors (Lipinski definition) is 0. The predicted molar refractivity (Wildman–Crippen MR) is 122 cm³/mol. The Morgan fingerprint density at radius 3 is 2.58 bits per heavy atom. The van der Waals surface area contributed by atoms with Crippen LogP contribution in [0, 0.1) is 0 Å². The highest BCUT2D eigenvalue weighted by molar-refractivity contribution is 7.12. The van der Waals surface area contributed by atoms with E-state index >= 15 is 0 Å². The summed E-state index contributed by atoms with van der Waals surface area (Å²) in [5.74, 6) is -1.70. The molecule has 1 unspecified atom stereocenters. The lowest BCUT2D eigenvalue weighted by Gasteiger charge is -2.27. The fourth-order valence-corrected chi connectivity index (χ4v) is 4.32. The van der Waals surface area contributed by atoms with Crippen LogP contribution in [-0.4, -0.2) is 46.2 Å². The number of amides is 3. The third-order valence-corrected chi connectivity index (χ3v) is 6.06. The van der Waals surface area contributed by atoms with E-state index in [1.165, 1.54) is 40.5 Å². The van der Waals surface area contributed by atoms with Crippen LogP contribution in [0.5, 0.6) is 0 Å². The molecule has 1 saturated heterocycles. The molecule has 0 N–H and O–H groups in total. The second-order valence-corrected chi connectivity index (χ2v) is 8.27. The van der Waals surface area contributed by atoms with Crippen LogP contribution in [0.1, 0.15) is 38.9 Å². The second kappa shape index (κ2) is 9.74. The van der Waals surface area contributed by atoms with Crippen molar-refractivity contribution in [1.29, 1.82) is 0 Å². The topological polar surface area (TPSA) is 96.9 Å². The van der Waals surface area contributed by atoms with Gasteiger partial charge >= 0.3 is 5.97 Å². The van der Waals surface area contributed by atoms with Crippen LogP contribution in [-0.2, 0) is 20.9 Å². The van der Waals surface area contributed by atoms with E-state index in [4.69, 9.17) is 4.74 Å². The van der Waals surface area contributed by atoms with Crippen molar-refractivity contribution in [2.24, 2.45) is 0 Å². The number of imide groups is 1. The molecule has 0 bridgehead atoms. The van der Waals surface area contributed by atoms with Gasteiger partial charge in [-0.3, -0.25) is 19.4 Å². The van der Waals surface area contributed by atoms with Gasteiger partial charge in [0.2, 0.25) is 5.91 Å². The molecule has 4 rings (SSSR count). The molecule has 1 aliphatic heterocycles. The number of hydrogen-bond acceptors (Lipinski definition) is 7. The third-order valence-electron chi connectivity index (χ3n) is 5.20. The molecule has 0 aliphatic carbocycles. The lowest BCUT2D eigenvalue weighted by atomic mass is 10.1. The van der Waals surface area contributed by atoms with Gasteiger partial charge in [-0.25, -0.2) is 9.69 Å². The van der Waals surface area contributed by atoms with E-state index in [9.17, 15) is 19.2 Å². The van der Waals surface area contributed by atoms with Gasteiger partial charge in [-0.05, 0) is 54.3 Å². The maximum absolute atomic E-state index is 13.4. The summed E-state index contributed by atoms with van der Waals surface area (Å²) < 4.78 is 4.97. The Labute approximate surface area is 194 Å². The van der Waals surface area contributed by atoms with Crippen LogP contribution >= 0.6 is 11.3 Å². The molecular weight excluding hydrogens is 442 g/mol. The smallest absolute Gasteiger partial charge is 0.338 e. The minimum absolute atomic E-state index is 0.129. The molecule has 1 aliphatic rings. The van der Waals surface area contributed by atoms with Gasteiger partial charge < -0.3 is 9.64 Å². The largest absolute Gasteiger partial charge is 0.462 e. The molecule has 0 spiro atoms. The average molecular weight is 464 g/mol. The van der Waals surface area contributed by atoms with E-state index in [1.54, 1.807) is 42.9 Å². The first-order valence-electron chi connectivity index (χ1n) is 10.4. The monoisotopic (exact) mass is 463 g/mol. The van der Waals surface area contributed by atoms with Crippen molar-refractivity contribution in [3.8, 4) is 0 Å². The highest BCUT2D eigenvalue weighted by atomic mass is 32.1. The van der Waals surface area contributed by atoms with Gasteiger partial charge in [0.05, 0.1) is 29.2 Å². The quantitative estimate of drug-likeness (QED) is 0.394. The number of carbonyl (C=O) groups is 4. The predicted octanol–water partition coefficient (Wildman–Crippen LogP) is 3.29. The first-order valence-corrected chi connectivity index (χ1v) is 11.2. The molecule has 3 amide bonds. The lowest BCUT2D eigenvalue weighted by Crippen LogP contribution is -2.45. The Balaban J connectivity index is 1.61. The summed E-state index contributed by atoms with van der Waals surface area (Å²) in [5, 5.41) is 1.79. The van der Waals surface area contributed by atoms with Crippen molar-refractivity contribution in [2.75, 3.05) is 11.5 Å². The molecule has 2 aromatic heterocycles. The second-order valence-electron chi connectivity index (χ2n) is 7.33. The number of carbonyl (C=O) groups excluding carboxylic acids is 4. The summed E-state index contributed by atoms with van der Waals surface area (Å²) in [6.07, 6.45) is 3.12. The molecule has 0 radical (unpaired) electrons. The van der Waals surface area contributed by atoms with Crippen molar-refractivity contribution in [1.82, 2.24) is 9.88 Å². The Morgan fingerprint density at radius 2 is 1.94 bits per heavy atom. The first-order chi connectivity index (χ1) is 16.0. The molecule has 1 aromatic carbocycles. The zero-order valence-corrected chi connectivity index (χ0v) is 18.7. The maximum atomic E-state index is 13.4. The fourth-order valence-electron chi connectivity index (χ4n) is 3.65. The Morgan fingerprint density at radius 1 is 1.15 bits per heavy atom. The Kier molecular flexibility index (Phi) is 6.60. The molecule has 0 saturated carbocycles. The number of nitrogens with zero attached hydrogens (tertiary/aromatic N) is 3. The number of ether oxygens (including phenoxy) is 1. The molecule has 1 fully saturated rings. The summed E-state index contributed by atoms with van der Waals surface area (Å²) in [6.45, 7) is 2.10. The zero-order valence-electron chi connectivity index (χ0n) is 17.8. The van der Waals surface area contributed by atoms with Crippen LogP contribution in [0.4, 0.5) is 5.69 Å². The van der Waals surface area contributed by atoms with Crippen LogP contribution in [0.25, 0.3) is 0 Å². The summed E-state index contributed by atoms with van der Waals surface area (Å²) in [4.78, 5) is 58.4. The van der Waals surface area contributed by atoms with E-state index in [0.717, 1.165) is 10.5 Å². The number of aromatic nitrogens is 1. The van der Waals surface area contributed by atoms with Crippen molar-refractivity contribution >= 4 is 40.7 Å². The molecule has 3 heterocycles. The number of benzene rings is 1. The van der Waals surface area contributed by atoms with Gasteiger partial charge in [0.25, 0.3) is 11.8 Å². The zero-order chi connectivity index (χ0) is 23.4. The fraction of sp³-hybridized carbons (Fsp3) is 0.208. The molecule has 1 atom stereocenters. The number of esters is 1. The van der Waals surface area contributed by atoms with Crippen molar-refractivity contribution in [3.63, 3.8) is 0 Å². The minimum atomic E-state index is -0.947. The van der Waals surface area contributed by atoms with Gasteiger partial charge in [-0.15, -0.1) is 11.3 Å². The van der Waals surface area contributed by atoms with E-state index < -0.39 is 23.8 Å². The first kappa shape index (κ1) is 22.3. The summed E-state index contributed by atoms with van der Waals surface area (Å²) >= 11 is 1.28. The number of pyridine rings is 1. The summed E-state index contributed by atoms with van der Waals surface area (Å²) in [5.41, 5.74) is 1.41. The van der Waals surface area contributed by atoms with E-state index in [0.29, 0.717) is 16.1 Å². The van der Waals surface area contributed by atoms with E-state index in [-0.39, 0.29) is 25.5 Å². The SMILES string of the molecule is CCOC(=O)c1ccc(N2C(=O)CC(N(Cc3cccnc3)C(=O)c3cccs3)C2=O)cc1. The van der Waals surface area contributed by atoms with Crippen LogP contribution < -0.4 is 4.90 Å². The maximum Gasteiger partial charge on any atom is 0.338 e. The average Bonchev–Trinajstić information content (AvgIpc) is 3.46. The minimum Gasteiger partial charge on any atom is -0.462 e. The van der Waals surface area contributed by atoms with Gasteiger partial charge in [0, 0.05) is 18.9 Å². The van der Waals surface area contributed by atoms with Gasteiger partial charge in [-0.2, -0.15) is 0 Å². The van der Waals surface area contributed by atoms with Gasteiger partial charge in [0.15, 0.2) is 0 Å². The highest BCUT2D eigenvalue weighted by Crippen LogP contribution is 2.28. The Bertz CT molecular complexity index is 1160. The number of anilines is 1. The molecule has 3 aromatic rings. The van der Waals surface area contributed by atoms with Gasteiger partial charge in [0.1, 0.15) is 6.04 Å². The normalized spacial score (nSPS) is 15.5. The van der Waals surface area contributed by atoms with Crippen LogP contribution in [0.15, 0.2) is 66.3 Å². The molecule has 168 valence electrons. The van der Waals surface area contributed by atoms with E-state index in [1.807, 2.05) is 6.07 Å². The molecular formula is C24H21N3O5S. The van der Waals surface area contributed by atoms with E-state index in [2.05, 4.69) is 4.98 Å². The van der Waals surface area contributed by atoms with Crippen molar-refractivity contribution in [2.45, 2.75) is 25.9 Å². The summed E-state index contributed by atoms with van der Waals surface area (Å²) in [7, 11) is 0. The number of rotatable bonds is 7. The number of thiophene rings is 1.